The van der Waals surface area contributed by atoms with Gasteiger partial charge in [-0.25, -0.2) is 9.79 Å². The van der Waals surface area contributed by atoms with E-state index in [9.17, 15) is 18.4 Å². The van der Waals surface area contributed by atoms with Gasteiger partial charge < -0.3 is 9.47 Å². The molecular weight excluding hydrogens is 458 g/mol. The highest BCUT2D eigenvalue weighted by Gasteiger charge is 2.33. The Balaban J connectivity index is 1.82. The molecule has 0 spiro atoms. The Kier molecular flexibility index (Phi) is 6.33. The van der Waals surface area contributed by atoms with Crippen molar-refractivity contribution in [1.82, 2.24) is 4.57 Å². The number of rotatable bonds is 6. The maximum absolute atomic E-state index is 13.4. The van der Waals surface area contributed by atoms with Crippen LogP contribution in [0, 0.1) is 0 Å². The molecular formula is C22H18F2N2O4S2. The van der Waals surface area contributed by atoms with Crippen molar-refractivity contribution >= 4 is 34.7 Å². The molecule has 0 radical (unpaired) electrons. The van der Waals surface area contributed by atoms with Gasteiger partial charge in [0.05, 0.1) is 22.4 Å². The molecule has 0 unspecified atom stereocenters. The van der Waals surface area contributed by atoms with Crippen LogP contribution in [0.1, 0.15) is 30.3 Å². The molecule has 10 heteroatoms. The second kappa shape index (κ2) is 9.17. The predicted octanol–water partition coefficient (Wildman–Crippen LogP) is 3.46. The first-order valence-corrected chi connectivity index (χ1v) is 11.4. The highest BCUT2D eigenvalue weighted by Crippen LogP contribution is 2.33. The van der Waals surface area contributed by atoms with E-state index in [1.807, 2.05) is 17.5 Å². The number of allylic oxidation sites excluding steroid dienone is 1. The second-order valence-electron chi connectivity index (χ2n) is 6.77. The van der Waals surface area contributed by atoms with Crippen LogP contribution >= 0.6 is 22.7 Å². The lowest BCUT2D eigenvalue weighted by atomic mass is 10.0. The van der Waals surface area contributed by atoms with Crippen LogP contribution in [-0.2, 0) is 9.53 Å². The van der Waals surface area contributed by atoms with Crippen molar-refractivity contribution in [3.8, 4) is 5.75 Å². The number of benzene rings is 1. The quantitative estimate of drug-likeness (QED) is 0.511. The molecule has 3 aromatic rings. The van der Waals surface area contributed by atoms with Gasteiger partial charge in [0.2, 0.25) is 0 Å². The number of halogens is 2. The number of nitrogens with zero attached hydrogens (tertiary/aromatic N) is 2. The van der Waals surface area contributed by atoms with E-state index in [1.54, 1.807) is 32.1 Å². The van der Waals surface area contributed by atoms with Crippen LogP contribution in [-0.4, -0.2) is 23.8 Å². The van der Waals surface area contributed by atoms with Crippen LogP contribution in [0.2, 0.25) is 0 Å². The highest BCUT2D eigenvalue weighted by atomic mass is 32.1. The average Bonchev–Trinajstić information content (AvgIpc) is 3.37. The number of carbonyl (C=O) groups excluding carboxylic acids is 1. The molecule has 1 aromatic carbocycles. The number of hydrogen-bond acceptors (Lipinski definition) is 7. The van der Waals surface area contributed by atoms with Gasteiger partial charge in [0.1, 0.15) is 11.8 Å². The van der Waals surface area contributed by atoms with Gasteiger partial charge in [-0.1, -0.05) is 29.5 Å². The first-order valence-electron chi connectivity index (χ1n) is 9.67. The Labute approximate surface area is 189 Å². The van der Waals surface area contributed by atoms with Crippen molar-refractivity contribution in [3.63, 3.8) is 0 Å². The van der Waals surface area contributed by atoms with Gasteiger partial charge in [0, 0.05) is 4.88 Å². The van der Waals surface area contributed by atoms with Gasteiger partial charge >= 0.3 is 12.6 Å². The minimum Gasteiger partial charge on any atom is -0.463 e. The summed E-state index contributed by atoms with van der Waals surface area (Å²) in [5.41, 5.74) is 1.19. The van der Waals surface area contributed by atoms with Crippen molar-refractivity contribution in [2.75, 3.05) is 6.61 Å². The monoisotopic (exact) mass is 476 g/mol. The summed E-state index contributed by atoms with van der Waals surface area (Å²) in [4.78, 5) is 31.9. The van der Waals surface area contributed by atoms with Crippen molar-refractivity contribution in [1.29, 1.82) is 0 Å². The third-order valence-corrected chi connectivity index (χ3v) is 6.64. The molecule has 1 aliphatic rings. The molecule has 32 heavy (non-hydrogen) atoms. The zero-order valence-corrected chi connectivity index (χ0v) is 18.7. The number of thiophene rings is 1. The topological polar surface area (TPSA) is 69.9 Å². The summed E-state index contributed by atoms with van der Waals surface area (Å²) >= 11 is 2.64. The zero-order chi connectivity index (χ0) is 22.8. The molecule has 0 saturated carbocycles. The molecule has 3 heterocycles. The molecule has 0 N–H and O–H groups in total. The summed E-state index contributed by atoms with van der Waals surface area (Å²) in [6.07, 6.45) is 1.66. The second-order valence-corrected chi connectivity index (χ2v) is 8.75. The van der Waals surface area contributed by atoms with Crippen molar-refractivity contribution in [2.24, 2.45) is 4.99 Å². The fourth-order valence-electron chi connectivity index (χ4n) is 3.40. The summed E-state index contributed by atoms with van der Waals surface area (Å²) in [6, 6.07) is 9.08. The first kappa shape index (κ1) is 22.1. The zero-order valence-electron chi connectivity index (χ0n) is 17.1. The molecule has 6 nitrogen and oxygen atoms in total. The summed E-state index contributed by atoms with van der Waals surface area (Å²) in [6.45, 7) is 0.758. The Morgan fingerprint density at radius 3 is 2.66 bits per heavy atom. The molecule has 0 fully saturated rings. The Morgan fingerprint density at radius 2 is 2.03 bits per heavy atom. The standard InChI is InChI=1S/C22H18F2N2O4S2/c1-3-29-20(28)17-12(2)25-22-26(18(17)15-5-4-10-31-15)19(27)16(32-22)11-13-6-8-14(9-7-13)30-21(23)24/h4-11,18,21H,3H2,1-2H3/b16-11+/t18-/m0/s1. The maximum atomic E-state index is 13.4. The maximum Gasteiger partial charge on any atom is 0.387 e. The Hall–Kier alpha value is -3.11. The number of ether oxygens (including phenoxy) is 2. The molecule has 0 saturated heterocycles. The number of alkyl halides is 2. The molecule has 0 bridgehead atoms. The average molecular weight is 477 g/mol. The van der Waals surface area contributed by atoms with Gasteiger partial charge in [0.15, 0.2) is 4.80 Å². The van der Waals surface area contributed by atoms with E-state index in [0.717, 1.165) is 4.88 Å². The molecule has 166 valence electrons. The minimum absolute atomic E-state index is 0.0333. The summed E-state index contributed by atoms with van der Waals surface area (Å²) in [5.74, 6) is -0.470. The summed E-state index contributed by atoms with van der Waals surface area (Å²) < 4.78 is 36.2. The van der Waals surface area contributed by atoms with Crippen LogP contribution in [0.15, 0.2) is 62.8 Å². The molecule has 0 amide bonds. The lowest BCUT2D eigenvalue weighted by Gasteiger charge is -2.23. The molecule has 1 atom stereocenters. The number of hydrogen-bond donors (Lipinski definition) is 0. The van der Waals surface area contributed by atoms with E-state index < -0.39 is 18.6 Å². The van der Waals surface area contributed by atoms with Crippen LogP contribution in [0.25, 0.3) is 6.08 Å². The van der Waals surface area contributed by atoms with Crippen molar-refractivity contribution < 1.29 is 23.0 Å². The number of esters is 1. The van der Waals surface area contributed by atoms with E-state index in [0.29, 0.717) is 26.2 Å². The highest BCUT2D eigenvalue weighted by molar-refractivity contribution is 7.10. The van der Waals surface area contributed by atoms with Gasteiger partial charge in [0.25, 0.3) is 5.56 Å². The van der Waals surface area contributed by atoms with Crippen LogP contribution in [0.3, 0.4) is 0 Å². The first-order chi connectivity index (χ1) is 15.4. The smallest absolute Gasteiger partial charge is 0.387 e. The number of aromatic nitrogens is 1. The largest absolute Gasteiger partial charge is 0.463 e. The third kappa shape index (κ3) is 4.28. The van der Waals surface area contributed by atoms with E-state index in [2.05, 4.69) is 9.73 Å². The van der Waals surface area contributed by atoms with E-state index in [4.69, 9.17) is 4.74 Å². The van der Waals surface area contributed by atoms with Crippen LogP contribution < -0.4 is 19.6 Å². The Bertz CT molecular complexity index is 1340. The summed E-state index contributed by atoms with van der Waals surface area (Å²) in [5, 5.41) is 1.88. The Morgan fingerprint density at radius 1 is 1.28 bits per heavy atom. The third-order valence-electron chi connectivity index (χ3n) is 4.73. The number of thiazole rings is 1. The molecule has 4 rings (SSSR count). The molecule has 1 aliphatic heterocycles. The fourth-order valence-corrected chi connectivity index (χ4v) is 5.27. The van der Waals surface area contributed by atoms with E-state index >= 15 is 0 Å². The minimum atomic E-state index is -2.90. The lowest BCUT2D eigenvalue weighted by molar-refractivity contribution is -0.139. The van der Waals surface area contributed by atoms with E-state index in [-0.39, 0.29) is 17.9 Å². The fraction of sp³-hybridized carbons (Fsp3) is 0.227. The summed E-state index contributed by atoms with van der Waals surface area (Å²) in [7, 11) is 0. The van der Waals surface area contributed by atoms with Crippen LogP contribution in [0.4, 0.5) is 8.78 Å². The van der Waals surface area contributed by atoms with Crippen molar-refractivity contribution in [3.05, 3.63) is 83.2 Å². The van der Waals surface area contributed by atoms with Crippen molar-refractivity contribution in [2.45, 2.75) is 26.5 Å². The lowest BCUT2D eigenvalue weighted by Crippen LogP contribution is -2.39. The van der Waals surface area contributed by atoms with E-state index in [1.165, 1.54) is 39.4 Å². The number of fused-ring (bicyclic) bond motifs is 1. The molecule has 2 aromatic heterocycles. The van der Waals surface area contributed by atoms with Gasteiger partial charge in [-0.2, -0.15) is 8.78 Å². The van der Waals surface area contributed by atoms with Gasteiger partial charge in [-0.3, -0.25) is 9.36 Å². The SMILES string of the molecule is CCOC(=O)C1=C(C)N=c2s/c(=C/c3ccc(OC(F)F)cc3)c(=O)n2[C@H]1c1cccs1. The van der Waals surface area contributed by atoms with Gasteiger partial charge in [-0.15, -0.1) is 11.3 Å². The van der Waals surface area contributed by atoms with Gasteiger partial charge in [-0.05, 0) is 49.1 Å². The normalized spacial score (nSPS) is 16.2. The van der Waals surface area contributed by atoms with Crippen LogP contribution in [0.5, 0.6) is 5.75 Å². The molecule has 0 aliphatic carbocycles. The number of carbonyl (C=O) groups is 1. The predicted molar refractivity (Wildman–Crippen MR) is 118 cm³/mol.